The number of ketones is 4. The van der Waals surface area contributed by atoms with Crippen molar-refractivity contribution < 1.29 is 63.2 Å². The summed E-state index contributed by atoms with van der Waals surface area (Å²) in [7, 11) is 0. The van der Waals surface area contributed by atoms with E-state index in [2.05, 4.69) is 104 Å². The third-order valence-electron chi connectivity index (χ3n) is 25.9. The standard InChI is InChI=1S/2C26H32N4O3S.C26H30N4O3S.C26H31N3O4S/c1-15(2)23(25-27-12-16(3)29-25)26(33)30-13-20(31)11-21(30)22(32)10-7-18-5-8-19(9-6-18)24-17(4)28-14-34-24;1-15(2)24(21-11-16(3)28-29-21)26(33)30-13-20(31)12-22(30)23(32)10-7-18-5-8-19(9-6-18)25-17(4)27-14-34-25;1-16(2)24(21-5-4-12-28-29-21)26(33)30-14-20(31)13-22(30)23(32)11-8-18-6-9-19(10-7-18)25-17(3)27-15-34-25;1-15(2)24(21-13-33-17(4)28-21)26(32)29-12-20(30)11-22(29)23(31)10-7-18-5-8-19(9-6-18)25-16(3)27-14-34-25/h5-6,8-9,12,14-15,20-21,23,31H,7,10-11,13H2,1-4H3,(H,27,29);5-6,8-9,11,14-15,20,22,24,31H,7,10,12-13H2,1-4H3,(H,28,29);4-7,9-10,12,15-16,20,22,24,31H,8,11,13-14H2,1-3H3;5-6,8-9,13-15,20,22,24,30H,7,10-12H2,1-4H3/t20-,21+,23-;3*20-,22+,24-/m1111/s1. The van der Waals surface area contributed by atoms with Crippen LogP contribution < -0.4 is 0 Å². The maximum absolute atomic E-state index is 13.5. The third kappa shape index (κ3) is 25.3. The number of amides is 4. The Balaban J connectivity index is 0.000000153. The molecule has 0 radical (unpaired) electrons. The summed E-state index contributed by atoms with van der Waals surface area (Å²) in [5, 5.41) is 56.5. The maximum Gasteiger partial charge on any atom is 0.234 e. The Hall–Kier alpha value is -11.5. The first kappa shape index (κ1) is 102. The number of nitrogens with one attached hydrogen (secondary N) is 2. The molecular formula is C104H125N15O13S4. The predicted molar refractivity (Wildman–Crippen MR) is 527 cm³/mol. The number of aryl methyl sites for hydroxylation is 11. The van der Waals surface area contributed by atoms with Crippen molar-refractivity contribution in [1.29, 1.82) is 0 Å². The molecule has 4 amide bonds. The van der Waals surface area contributed by atoms with Gasteiger partial charge in [-0.3, -0.25) is 43.5 Å². The molecule has 0 saturated carbocycles. The summed E-state index contributed by atoms with van der Waals surface area (Å²) in [6.45, 7) is 29.9. The number of nitrogens with zero attached hydrogens (tertiary/aromatic N) is 13. The highest BCUT2D eigenvalue weighted by Crippen LogP contribution is 2.39. The van der Waals surface area contributed by atoms with Crippen LogP contribution in [0.2, 0.25) is 0 Å². The van der Waals surface area contributed by atoms with E-state index >= 15 is 0 Å². The molecule has 0 aliphatic carbocycles. The largest absolute Gasteiger partial charge is 0.449 e. The zero-order chi connectivity index (χ0) is 97.5. The van der Waals surface area contributed by atoms with Crippen molar-refractivity contribution in [3.63, 3.8) is 0 Å². The van der Waals surface area contributed by atoms with Crippen LogP contribution in [0.3, 0.4) is 0 Å². The molecule has 4 fully saturated rings. The number of benzene rings is 4. The van der Waals surface area contributed by atoms with Gasteiger partial charge in [-0.25, -0.2) is 29.9 Å². The topological polar surface area (TPSA) is 391 Å². The fraction of sp³-hybridized carbons (Fsp3) is 0.452. The second-order valence-electron chi connectivity index (χ2n) is 37.6. The molecule has 718 valence electrons. The lowest BCUT2D eigenvalue weighted by Crippen LogP contribution is -2.44. The molecule has 4 saturated heterocycles. The van der Waals surface area contributed by atoms with E-state index in [1.54, 1.807) is 96.4 Å². The van der Waals surface area contributed by atoms with Gasteiger partial charge in [-0.1, -0.05) is 152 Å². The van der Waals surface area contributed by atoms with Crippen molar-refractivity contribution in [2.75, 3.05) is 26.2 Å². The van der Waals surface area contributed by atoms with Gasteiger partial charge in [-0.05, 0) is 154 Å². The molecule has 16 rings (SSSR count). The smallest absolute Gasteiger partial charge is 0.234 e. The molecule has 8 aromatic heterocycles. The number of thiazole rings is 4. The van der Waals surface area contributed by atoms with Gasteiger partial charge < -0.3 is 49.4 Å². The zero-order valence-corrected chi connectivity index (χ0v) is 83.2. The van der Waals surface area contributed by atoms with Gasteiger partial charge in [-0.2, -0.15) is 15.3 Å². The molecule has 28 nitrogen and oxygen atoms in total. The molecule has 12 atom stereocenters. The molecule has 4 aliphatic rings. The number of aliphatic hydroxyl groups is 4. The van der Waals surface area contributed by atoms with Crippen LogP contribution in [0.15, 0.2) is 160 Å². The number of imidazole rings is 1. The summed E-state index contributed by atoms with van der Waals surface area (Å²) >= 11 is 6.46. The SMILES string of the molecule is Cc1cc([C@H](C(=O)N2C[C@H](O)C[C@H]2C(=O)CCc2ccc(-c3scnc3C)cc2)C(C)C)n[nH]1.Cc1cnc([C@H](C(=O)N2C[C@H](O)C[C@H]2C(=O)CCc2ccc(-c3scnc3C)cc2)C(C)C)[nH]1.Cc1nc([C@H](C(=O)N2C[C@H](O)C[C@H]2C(=O)CCc2ccc(-c3scnc3C)cc2)C(C)C)co1.Cc1ncsc1-c1ccc(CCC(=O)[C@@H]2C[C@@H](O)CN2C(=O)[C@@H](c2cccnn2)C(C)C)cc1. The van der Waals surface area contributed by atoms with Gasteiger partial charge in [-0.15, -0.1) is 45.3 Å². The van der Waals surface area contributed by atoms with Crippen LogP contribution in [-0.2, 0) is 64.0 Å². The first-order valence-electron chi connectivity index (χ1n) is 46.8. The second-order valence-corrected chi connectivity index (χ2v) is 41.0. The van der Waals surface area contributed by atoms with Crippen molar-refractivity contribution in [1.82, 2.24) is 74.9 Å². The van der Waals surface area contributed by atoms with Crippen molar-refractivity contribution >= 4 is 92.1 Å². The van der Waals surface area contributed by atoms with Gasteiger partial charge in [0.25, 0.3) is 0 Å². The van der Waals surface area contributed by atoms with Crippen LogP contribution in [0.1, 0.15) is 216 Å². The molecule has 4 aliphatic heterocycles. The van der Waals surface area contributed by atoms with Crippen LogP contribution in [0.5, 0.6) is 0 Å². The highest BCUT2D eigenvalue weighted by molar-refractivity contribution is 7.14. The number of oxazole rings is 1. The van der Waals surface area contributed by atoms with Crippen LogP contribution in [-0.4, -0.2) is 217 Å². The normalized spacial score (nSPS) is 19.0. The molecular weight excluding hydrogens is 1800 g/mol. The summed E-state index contributed by atoms with van der Waals surface area (Å²) in [4.78, 5) is 147. The van der Waals surface area contributed by atoms with Gasteiger partial charge in [0.1, 0.15) is 12.1 Å². The van der Waals surface area contributed by atoms with Gasteiger partial charge in [0.05, 0.1) is 154 Å². The number of aliphatic hydroxyl groups excluding tert-OH is 4. The molecule has 0 bridgehead atoms. The zero-order valence-electron chi connectivity index (χ0n) is 80.0. The second kappa shape index (κ2) is 46.6. The summed E-state index contributed by atoms with van der Waals surface area (Å²) in [6, 6.07) is 35.8. The van der Waals surface area contributed by atoms with Gasteiger partial charge in [0, 0.05) is 108 Å². The summed E-state index contributed by atoms with van der Waals surface area (Å²) in [6.07, 6.45) is 6.81. The monoisotopic (exact) mass is 1920 g/mol. The Morgan fingerprint density at radius 3 is 0.956 bits per heavy atom. The lowest BCUT2D eigenvalue weighted by molar-refractivity contribution is -0.140. The van der Waals surface area contributed by atoms with E-state index in [-0.39, 0.29) is 116 Å². The Labute approximate surface area is 810 Å². The van der Waals surface area contributed by atoms with Crippen LogP contribution in [0, 0.1) is 72.1 Å². The van der Waals surface area contributed by atoms with E-state index in [1.807, 2.05) is 174 Å². The number of β-amino-alcohol motifs (C(OH)–C–C–N with tert-alkyl or cyclic N) is 4. The average Bonchev–Trinajstić information content (AvgIpc) is 1.65. The number of carbonyl (C=O) groups is 8. The van der Waals surface area contributed by atoms with E-state index in [1.165, 1.54) is 6.26 Å². The minimum absolute atomic E-state index is 0.00649. The highest BCUT2D eigenvalue weighted by atomic mass is 32.1. The van der Waals surface area contributed by atoms with E-state index in [0.717, 1.165) is 98.2 Å². The average molecular weight is 1920 g/mol. The lowest BCUT2D eigenvalue weighted by Gasteiger charge is -2.29. The Bertz CT molecular complexity index is 5610. The molecule has 0 unspecified atom stereocenters. The summed E-state index contributed by atoms with van der Waals surface area (Å²) < 4.78 is 5.33. The van der Waals surface area contributed by atoms with Crippen LogP contribution in [0.4, 0.5) is 0 Å². The van der Waals surface area contributed by atoms with Crippen LogP contribution in [0.25, 0.3) is 41.8 Å². The lowest BCUT2D eigenvalue weighted by atomic mass is 9.90. The van der Waals surface area contributed by atoms with Crippen molar-refractivity contribution in [3.8, 4) is 41.8 Å². The molecule has 136 heavy (non-hydrogen) atoms. The van der Waals surface area contributed by atoms with E-state index in [4.69, 9.17) is 4.42 Å². The maximum atomic E-state index is 13.5. The number of aromatic nitrogens is 11. The molecule has 12 aromatic rings. The summed E-state index contributed by atoms with van der Waals surface area (Å²) in [5.74, 6) is -1.54. The fourth-order valence-electron chi connectivity index (χ4n) is 18.7. The minimum atomic E-state index is -0.702. The molecule has 4 aromatic carbocycles. The Kier molecular flexibility index (Phi) is 34.9. The first-order chi connectivity index (χ1) is 65.1. The van der Waals surface area contributed by atoms with E-state index in [9.17, 15) is 58.8 Å². The quantitative estimate of drug-likeness (QED) is 0.0228. The van der Waals surface area contributed by atoms with Gasteiger partial charge in [0.15, 0.2) is 29.0 Å². The third-order valence-corrected chi connectivity index (χ3v) is 29.8. The number of carbonyl (C=O) groups excluding carboxylic acids is 8. The van der Waals surface area contributed by atoms with Gasteiger partial charge >= 0.3 is 0 Å². The summed E-state index contributed by atoms with van der Waals surface area (Å²) in [5.41, 5.74) is 23.8. The molecule has 32 heteroatoms. The Morgan fingerprint density at radius 1 is 0.397 bits per heavy atom. The molecule has 12 heterocycles. The van der Waals surface area contributed by atoms with E-state index < -0.39 is 72.3 Å². The Morgan fingerprint density at radius 2 is 0.706 bits per heavy atom. The number of hydrogen-bond acceptors (Lipinski definition) is 26. The first-order valence-corrected chi connectivity index (χ1v) is 50.4. The molecule has 6 N–H and O–H groups in total. The van der Waals surface area contributed by atoms with Crippen molar-refractivity contribution in [3.05, 3.63) is 241 Å². The number of likely N-dealkylation sites (tertiary alicyclic amines) is 4. The number of aromatic amines is 2. The van der Waals surface area contributed by atoms with Crippen LogP contribution >= 0.6 is 45.3 Å². The van der Waals surface area contributed by atoms with Crippen molar-refractivity contribution in [2.24, 2.45) is 23.7 Å². The number of H-pyrrole nitrogens is 2. The van der Waals surface area contributed by atoms with Gasteiger partial charge in [0.2, 0.25) is 23.6 Å². The minimum Gasteiger partial charge on any atom is -0.449 e. The fourth-order valence-corrected chi connectivity index (χ4v) is 21.9. The predicted octanol–water partition coefficient (Wildman–Crippen LogP) is 16.2. The number of rotatable bonds is 32. The molecule has 0 spiro atoms. The highest BCUT2D eigenvalue weighted by Gasteiger charge is 2.47. The number of Topliss-reactive ketones (excluding diaryl/α,β-unsaturated/α-hetero) is 4. The number of hydrogen-bond donors (Lipinski definition) is 6. The van der Waals surface area contributed by atoms with Crippen molar-refractivity contribution in [2.45, 2.75) is 253 Å². The van der Waals surface area contributed by atoms with E-state index in [0.29, 0.717) is 86.6 Å².